The predicted molar refractivity (Wildman–Crippen MR) is 108 cm³/mol. The summed E-state index contributed by atoms with van der Waals surface area (Å²) in [6, 6.07) is 11.4. The highest BCUT2D eigenvalue weighted by Gasteiger charge is 2.25. The molecule has 1 aromatic carbocycles. The Morgan fingerprint density at radius 2 is 1.93 bits per heavy atom. The number of thiophene rings is 1. The fourth-order valence-corrected chi connectivity index (χ4v) is 3.25. The van der Waals surface area contributed by atoms with Gasteiger partial charge in [-0.3, -0.25) is 4.79 Å². The Morgan fingerprint density at radius 3 is 2.52 bits per heavy atom. The van der Waals surface area contributed by atoms with Crippen LogP contribution in [0.5, 0.6) is 5.75 Å². The van der Waals surface area contributed by atoms with Crippen molar-refractivity contribution in [2.45, 2.75) is 34.3 Å². The van der Waals surface area contributed by atoms with E-state index in [4.69, 9.17) is 9.15 Å². The monoisotopic (exact) mass is 384 g/mol. The molecule has 0 aliphatic carbocycles. The van der Waals surface area contributed by atoms with Crippen molar-refractivity contribution in [3.63, 3.8) is 0 Å². The SMILES string of the molecule is Cc1oc(-c2cccs2)nc1COc1ccc(N(C)C(=O)C(C)(C)C)cc1. The number of aromatic nitrogens is 1. The highest BCUT2D eigenvalue weighted by Crippen LogP contribution is 2.27. The number of hydrogen-bond donors (Lipinski definition) is 0. The van der Waals surface area contributed by atoms with Crippen molar-refractivity contribution in [3.05, 3.63) is 53.2 Å². The molecule has 6 heteroatoms. The van der Waals surface area contributed by atoms with Crippen molar-refractivity contribution < 1.29 is 13.9 Å². The quantitative estimate of drug-likeness (QED) is 0.599. The molecule has 0 atom stereocenters. The van der Waals surface area contributed by atoms with Gasteiger partial charge in [0, 0.05) is 18.2 Å². The number of nitrogens with zero attached hydrogens (tertiary/aromatic N) is 2. The number of benzene rings is 1. The number of carbonyl (C=O) groups excluding carboxylic acids is 1. The number of hydrogen-bond acceptors (Lipinski definition) is 5. The van der Waals surface area contributed by atoms with E-state index in [9.17, 15) is 4.79 Å². The van der Waals surface area contributed by atoms with Gasteiger partial charge in [-0.15, -0.1) is 11.3 Å². The Bertz CT molecular complexity index is 906. The molecule has 1 amide bonds. The zero-order valence-corrected chi connectivity index (χ0v) is 17.1. The Kier molecular flexibility index (Phi) is 5.37. The lowest BCUT2D eigenvalue weighted by Crippen LogP contribution is -2.36. The molecule has 0 N–H and O–H groups in total. The average molecular weight is 385 g/mol. The fraction of sp³-hybridized carbons (Fsp3) is 0.333. The number of ether oxygens (including phenoxy) is 1. The van der Waals surface area contributed by atoms with Crippen molar-refractivity contribution in [1.29, 1.82) is 0 Å². The van der Waals surface area contributed by atoms with Gasteiger partial charge >= 0.3 is 0 Å². The molecule has 0 aliphatic rings. The van der Waals surface area contributed by atoms with E-state index in [0.717, 1.165) is 27.8 Å². The Labute approximate surface area is 163 Å². The molecule has 3 rings (SSSR count). The van der Waals surface area contributed by atoms with E-state index < -0.39 is 5.41 Å². The number of rotatable bonds is 5. The number of amides is 1. The van der Waals surface area contributed by atoms with Gasteiger partial charge in [-0.25, -0.2) is 4.98 Å². The standard InChI is InChI=1S/C21H24N2O3S/c1-14-17(22-19(26-14)18-7-6-12-27-18)13-25-16-10-8-15(9-11-16)23(5)20(24)21(2,3)4/h6-12H,13H2,1-5H3. The first kappa shape index (κ1) is 19.2. The Morgan fingerprint density at radius 1 is 1.22 bits per heavy atom. The van der Waals surface area contributed by atoms with E-state index in [1.807, 2.05) is 69.5 Å². The van der Waals surface area contributed by atoms with Gasteiger partial charge in [-0.2, -0.15) is 0 Å². The van der Waals surface area contributed by atoms with E-state index in [1.165, 1.54) is 0 Å². The van der Waals surface area contributed by atoms with Crippen LogP contribution in [0, 0.1) is 12.3 Å². The molecule has 27 heavy (non-hydrogen) atoms. The van der Waals surface area contributed by atoms with E-state index in [1.54, 1.807) is 23.3 Å². The first-order valence-electron chi connectivity index (χ1n) is 8.77. The van der Waals surface area contributed by atoms with Crippen LogP contribution in [-0.2, 0) is 11.4 Å². The average Bonchev–Trinajstić information content (AvgIpc) is 3.28. The molecule has 0 spiro atoms. The molecule has 0 fully saturated rings. The number of oxazole rings is 1. The van der Waals surface area contributed by atoms with Crippen LogP contribution in [0.2, 0.25) is 0 Å². The summed E-state index contributed by atoms with van der Waals surface area (Å²) in [7, 11) is 1.79. The molecule has 3 aromatic rings. The molecule has 0 saturated heterocycles. The van der Waals surface area contributed by atoms with E-state index >= 15 is 0 Å². The van der Waals surface area contributed by atoms with Gasteiger partial charge in [0.25, 0.3) is 0 Å². The minimum absolute atomic E-state index is 0.0653. The summed E-state index contributed by atoms with van der Waals surface area (Å²) in [6.45, 7) is 7.95. The minimum atomic E-state index is -0.422. The topological polar surface area (TPSA) is 55.6 Å². The third-order valence-electron chi connectivity index (χ3n) is 4.17. The molecule has 142 valence electrons. The van der Waals surface area contributed by atoms with Crippen molar-refractivity contribution in [2.75, 3.05) is 11.9 Å². The second-order valence-electron chi connectivity index (χ2n) is 7.40. The lowest BCUT2D eigenvalue weighted by atomic mass is 9.95. The summed E-state index contributed by atoms with van der Waals surface area (Å²) in [5.74, 6) is 2.16. The second kappa shape index (κ2) is 7.56. The molecule has 2 heterocycles. The van der Waals surface area contributed by atoms with Gasteiger partial charge in [-0.1, -0.05) is 26.8 Å². The summed E-state index contributed by atoms with van der Waals surface area (Å²) < 4.78 is 11.6. The van der Waals surface area contributed by atoms with Crippen LogP contribution in [0.1, 0.15) is 32.2 Å². The van der Waals surface area contributed by atoms with Crippen molar-refractivity contribution in [2.24, 2.45) is 5.41 Å². The molecule has 0 saturated carbocycles. The molecule has 2 aromatic heterocycles. The van der Waals surface area contributed by atoms with Crippen molar-refractivity contribution in [3.8, 4) is 16.5 Å². The number of aryl methyl sites for hydroxylation is 1. The van der Waals surface area contributed by atoms with Crippen LogP contribution in [0.3, 0.4) is 0 Å². The van der Waals surface area contributed by atoms with Crippen molar-refractivity contribution >= 4 is 22.9 Å². The molecule has 0 aliphatic heterocycles. The van der Waals surface area contributed by atoms with Gasteiger partial charge in [0.15, 0.2) is 0 Å². The van der Waals surface area contributed by atoms with Crippen LogP contribution in [0.25, 0.3) is 10.8 Å². The zero-order chi connectivity index (χ0) is 19.6. The third kappa shape index (κ3) is 4.39. The molecule has 5 nitrogen and oxygen atoms in total. The molecule has 0 unspecified atom stereocenters. The third-order valence-corrected chi connectivity index (χ3v) is 5.03. The van der Waals surface area contributed by atoms with E-state index in [0.29, 0.717) is 12.5 Å². The van der Waals surface area contributed by atoms with Gasteiger partial charge in [-0.05, 0) is 42.6 Å². The molecular weight excluding hydrogens is 360 g/mol. The maximum Gasteiger partial charge on any atom is 0.236 e. The zero-order valence-electron chi connectivity index (χ0n) is 16.3. The van der Waals surface area contributed by atoms with Crippen LogP contribution in [-0.4, -0.2) is 17.9 Å². The van der Waals surface area contributed by atoms with Crippen LogP contribution < -0.4 is 9.64 Å². The van der Waals surface area contributed by atoms with Gasteiger partial charge < -0.3 is 14.1 Å². The smallest absolute Gasteiger partial charge is 0.236 e. The molecule has 0 bridgehead atoms. The second-order valence-corrected chi connectivity index (χ2v) is 8.34. The van der Waals surface area contributed by atoms with Gasteiger partial charge in [0.2, 0.25) is 11.8 Å². The maximum atomic E-state index is 12.4. The first-order chi connectivity index (χ1) is 12.8. The van der Waals surface area contributed by atoms with E-state index in [-0.39, 0.29) is 5.91 Å². The van der Waals surface area contributed by atoms with Crippen LogP contribution in [0.15, 0.2) is 46.2 Å². The van der Waals surface area contributed by atoms with Crippen LogP contribution >= 0.6 is 11.3 Å². The number of anilines is 1. The molecular formula is C21H24N2O3S. The predicted octanol–water partition coefficient (Wildman–Crippen LogP) is 5.30. The summed E-state index contributed by atoms with van der Waals surface area (Å²) >= 11 is 1.59. The largest absolute Gasteiger partial charge is 0.487 e. The highest BCUT2D eigenvalue weighted by molar-refractivity contribution is 7.13. The Balaban J connectivity index is 1.65. The van der Waals surface area contributed by atoms with Gasteiger partial charge in [0.1, 0.15) is 23.8 Å². The van der Waals surface area contributed by atoms with E-state index in [2.05, 4.69) is 4.98 Å². The van der Waals surface area contributed by atoms with Crippen molar-refractivity contribution in [1.82, 2.24) is 4.98 Å². The summed E-state index contributed by atoms with van der Waals surface area (Å²) in [6.07, 6.45) is 0. The summed E-state index contributed by atoms with van der Waals surface area (Å²) in [4.78, 5) is 19.6. The van der Waals surface area contributed by atoms with Gasteiger partial charge in [0.05, 0.1) is 4.88 Å². The fourth-order valence-electron chi connectivity index (χ4n) is 2.61. The Hall–Kier alpha value is -2.60. The highest BCUT2D eigenvalue weighted by atomic mass is 32.1. The molecule has 0 radical (unpaired) electrons. The minimum Gasteiger partial charge on any atom is -0.487 e. The first-order valence-corrected chi connectivity index (χ1v) is 9.65. The lowest BCUT2D eigenvalue weighted by Gasteiger charge is -2.26. The summed E-state index contributed by atoms with van der Waals surface area (Å²) in [5, 5.41) is 1.99. The summed E-state index contributed by atoms with van der Waals surface area (Å²) in [5.41, 5.74) is 1.19. The normalized spacial score (nSPS) is 11.4. The maximum absolute atomic E-state index is 12.4. The van der Waals surface area contributed by atoms with Crippen LogP contribution in [0.4, 0.5) is 5.69 Å². The lowest BCUT2D eigenvalue weighted by molar-refractivity contribution is -0.125. The number of carbonyl (C=O) groups is 1.